The Kier molecular flexibility index (Phi) is 4.59. The van der Waals surface area contributed by atoms with E-state index < -0.39 is 20.7 Å². The molecule has 0 atom stereocenters. The summed E-state index contributed by atoms with van der Waals surface area (Å²) in [7, 11) is -4.05. The summed E-state index contributed by atoms with van der Waals surface area (Å²) in [5, 5.41) is 9.05. The first kappa shape index (κ1) is 15.5. The summed E-state index contributed by atoms with van der Waals surface area (Å²) in [5.74, 6) is -0.853. The van der Waals surface area contributed by atoms with Crippen molar-refractivity contribution in [1.82, 2.24) is 0 Å². The second-order valence-corrected chi connectivity index (χ2v) is 6.19. The maximum absolute atomic E-state index is 13.8. The van der Waals surface area contributed by atoms with Gasteiger partial charge in [0.25, 0.3) is 10.0 Å². The molecule has 0 aliphatic carbocycles. The van der Waals surface area contributed by atoms with Crippen molar-refractivity contribution < 1.29 is 17.9 Å². The van der Waals surface area contributed by atoms with Gasteiger partial charge in [-0.25, -0.2) is 12.8 Å². The lowest BCUT2D eigenvalue weighted by molar-refractivity contribution is 0.281. The fourth-order valence-corrected chi connectivity index (χ4v) is 3.21. The molecule has 21 heavy (non-hydrogen) atoms. The van der Waals surface area contributed by atoms with Crippen LogP contribution in [0.3, 0.4) is 0 Å². The van der Waals surface area contributed by atoms with Gasteiger partial charge >= 0.3 is 0 Å². The molecule has 0 bridgehead atoms. The maximum Gasteiger partial charge on any atom is 0.264 e. The summed E-state index contributed by atoms with van der Waals surface area (Å²) >= 11 is 0. The lowest BCUT2D eigenvalue weighted by Crippen LogP contribution is -2.16. The third-order valence-corrected chi connectivity index (χ3v) is 4.49. The zero-order chi connectivity index (χ0) is 15.5. The Balaban J connectivity index is 2.43. The van der Waals surface area contributed by atoms with Gasteiger partial charge in [-0.05, 0) is 35.7 Å². The highest BCUT2D eigenvalue weighted by Crippen LogP contribution is 2.23. The van der Waals surface area contributed by atoms with Crippen molar-refractivity contribution >= 4 is 15.7 Å². The maximum atomic E-state index is 13.8. The third kappa shape index (κ3) is 3.40. The zero-order valence-corrected chi connectivity index (χ0v) is 12.3. The molecule has 112 valence electrons. The number of anilines is 1. The van der Waals surface area contributed by atoms with Crippen molar-refractivity contribution in [1.29, 1.82) is 0 Å². The summed E-state index contributed by atoms with van der Waals surface area (Å²) < 4.78 is 40.8. The number of rotatable bonds is 5. The summed E-state index contributed by atoms with van der Waals surface area (Å²) in [4.78, 5) is -0.472. The second-order valence-electron chi connectivity index (χ2n) is 4.54. The predicted molar refractivity (Wildman–Crippen MR) is 79.0 cm³/mol. The number of halogens is 1. The third-order valence-electron chi connectivity index (χ3n) is 3.11. The molecule has 0 saturated heterocycles. The molecular formula is C15H16FNO3S. The number of aryl methyl sites for hydroxylation is 1. The standard InChI is InChI=1S/C15H16FNO3S/c1-2-12-5-3-4-6-14(12)17-21(19,20)15-9-11(10-18)7-8-13(15)16/h3-9,17-18H,2,10H2,1H3. The number of benzene rings is 2. The smallest absolute Gasteiger partial charge is 0.264 e. The SMILES string of the molecule is CCc1ccccc1NS(=O)(=O)c1cc(CO)ccc1F. The number of nitrogens with one attached hydrogen (secondary N) is 1. The Labute approximate surface area is 123 Å². The molecule has 0 aromatic heterocycles. The summed E-state index contributed by atoms with van der Waals surface area (Å²) in [5.41, 5.74) is 1.58. The van der Waals surface area contributed by atoms with E-state index in [1.807, 2.05) is 13.0 Å². The molecule has 0 amide bonds. The number of hydrogen-bond acceptors (Lipinski definition) is 3. The molecule has 2 rings (SSSR count). The monoisotopic (exact) mass is 309 g/mol. The van der Waals surface area contributed by atoms with Gasteiger partial charge in [-0.3, -0.25) is 4.72 Å². The minimum atomic E-state index is -4.05. The first-order valence-electron chi connectivity index (χ1n) is 6.48. The molecule has 0 aliphatic rings. The molecule has 0 heterocycles. The molecule has 2 N–H and O–H groups in total. The number of hydrogen-bond donors (Lipinski definition) is 2. The number of aliphatic hydroxyl groups is 1. The van der Waals surface area contributed by atoms with Crippen molar-refractivity contribution in [3.05, 3.63) is 59.4 Å². The Morgan fingerprint density at radius 3 is 2.57 bits per heavy atom. The van der Waals surface area contributed by atoms with Crippen LogP contribution in [0.4, 0.5) is 10.1 Å². The Hall–Kier alpha value is -1.92. The van der Waals surface area contributed by atoms with Crippen LogP contribution in [0, 0.1) is 5.82 Å². The van der Waals surface area contributed by atoms with Gasteiger partial charge in [-0.2, -0.15) is 0 Å². The van der Waals surface area contributed by atoms with E-state index in [0.717, 1.165) is 17.7 Å². The largest absolute Gasteiger partial charge is 0.392 e. The molecule has 4 nitrogen and oxygen atoms in total. The fraction of sp³-hybridized carbons (Fsp3) is 0.200. The van der Waals surface area contributed by atoms with Crippen LogP contribution in [-0.2, 0) is 23.1 Å². The molecule has 0 saturated carbocycles. The van der Waals surface area contributed by atoms with Gasteiger partial charge in [-0.1, -0.05) is 31.2 Å². The fourth-order valence-electron chi connectivity index (χ4n) is 1.98. The van der Waals surface area contributed by atoms with Crippen LogP contribution >= 0.6 is 0 Å². The first-order valence-corrected chi connectivity index (χ1v) is 7.96. The number of aliphatic hydroxyl groups excluding tert-OH is 1. The Morgan fingerprint density at radius 2 is 1.90 bits per heavy atom. The van der Waals surface area contributed by atoms with Crippen LogP contribution in [0.5, 0.6) is 0 Å². The zero-order valence-electron chi connectivity index (χ0n) is 11.5. The molecular weight excluding hydrogens is 293 g/mol. The van der Waals surface area contributed by atoms with E-state index >= 15 is 0 Å². The predicted octanol–water partition coefficient (Wildman–Crippen LogP) is 2.68. The van der Waals surface area contributed by atoms with Crippen LogP contribution in [0.1, 0.15) is 18.1 Å². The van der Waals surface area contributed by atoms with E-state index in [1.54, 1.807) is 18.2 Å². The first-order chi connectivity index (χ1) is 9.97. The minimum absolute atomic E-state index is 0.334. The molecule has 0 unspecified atom stereocenters. The number of sulfonamides is 1. The van der Waals surface area contributed by atoms with Crippen molar-refractivity contribution in [2.45, 2.75) is 24.8 Å². The highest BCUT2D eigenvalue weighted by atomic mass is 32.2. The van der Waals surface area contributed by atoms with Gasteiger partial charge in [-0.15, -0.1) is 0 Å². The van der Waals surface area contributed by atoms with Crippen molar-refractivity contribution in [2.75, 3.05) is 4.72 Å². The molecule has 6 heteroatoms. The summed E-state index contributed by atoms with van der Waals surface area (Å²) in [6.45, 7) is 1.55. The van der Waals surface area contributed by atoms with E-state index in [-0.39, 0.29) is 6.61 Å². The van der Waals surface area contributed by atoms with E-state index in [9.17, 15) is 12.8 Å². The van der Waals surface area contributed by atoms with Crippen LogP contribution in [0.2, 0.25) is 0 Å². The molecule has 0 fully saturated rings. The second kappa shape index (κ2) is 6.24. The van der Waals surface area contributed by atoms with Gasteiger partial charge < -0.3 is 5.11 Å². The van der Waals surface area contributed by atoms with Crippen molar-refractivity contribution in [2.24, 2.45) is 0 Å². The lowest BCUT2D eigenvalue weighted by Gasteiger charge is -2.12. The van der Waals surface area contributed by atoms with Gasteiger partial charge in [0.05, 0.1) is 12.3 Å². The molecule has 2 aromatic carbocycles. The lowest BCUT2D eigenvalue weighted by atomic mass is 10.1. The minimum Gasteiger partial charge on any atom is -0.392 e. The van der Waals surface area contributed by atoms with Gasteiger partial charge in [0.1, 0.15) is 10.7 Å². The average molecular weight is 309 g/mol. The Bertz CT molecular complexity index is 744. The summed E-state index contributed by atoms with van der Waals surface area (Å²) in [6, 6.07) is 10.5. The molecule has 0 aliphatic heterocycles. The average Bonchev–Trinajstić information content (AvgIpc) is 2.47. The van der Waals surface area contributed by atoms with Crippen molar-refractivity contribution in [3.63, 3.8) is 0 Å². The normalized spacial score (nSPS) is 11.4. The van der Waals surface area contributed by atoms with Crippen LogP contribution < -0.4 is 4.72 Å². The van der Waals surface area contributed by atoms with E-state index in [1.165, 1.54) is 6.07 Å². The highest BCUT2D eigenvalue weighted by molar-refractivity contribution is 7.92. The molecule has 0 spiro atoms. The quantitative estimate of drug-likeness (QED) is 0.892. The summed E-state index contributed by atoms with van der Waals surface area (Å²) in [6.07, 6.45) is 0.651. The van der Waals surface area contributed by atoms with Crippen molar-refractivity contribution in [3.8, 4) is 0 Å². The van der Waals surface area contributed by atoms with Crippen LogP contribution in [0.15, 0.2) is 47.4 Å². The van der Waals surface area contributed by atoms with E-state index in [4.69, 9.17) is 5.11 Å². The molecule has 0 radical (unpaired) electrons. The Morgan fingerprint density at radius 1 is 1.19 bits per heavy atom. The van der Waals surface area contributed by atoms with Crippen LogP contribution in [0.25, 0.3) is 0 Å². The van der Waals surface area contributed by atoms with Gasteiger partial charge in [0.2, 0.25) is 0 Å². The number of para-hydroxylation sites is 1. The van der Waals surface area contributed by atoms with E-state index in [0.29, 0.717) is 17.7 Å². The highest BCUT2D eigenvalue weighted by Gasteiger charge is 2.20. The topological polar surface area (TPSA) is 66.4 Å². The van der Waals surface area contributed by atoms with E-state index in [2.05, 4.69) is 4.72 Å². The van der Waals surface area contributed by atoms with Gasteiger partial charge in [0.15, 0.2) is 0 Å². The van der Waals surface area contributed by atoms with Gasteiger partial charge in [0, 0.05) is 0 Å². The molecule has 2 aromatic rings. The van der Waals surface area contributed by atoms with Crippen LogP contribution in [-0.4, -0.2) is 13.5 Å².